The minimum absolute atomic E-state index is 1.06. The molecule has 3 aromatic rings. The highest BCUT2D eigenvalue weighted by Crippen LogP contribution is 2.31. The summed E-state index contributed by atoms with van der Waals surface area (Å²) in [5.74, 6) is 0. The van der Waals surface area contributed by atoms with Gasteiger partial charge in [-0.1, -0.05) is 48.5 Å². The lowest BCUT2D eigenvalue weighted by molar-refractivity contribution is 0.658. The fraction of sp³-hybridized carbons (Fsp3) is 0.222. The van der Waals surface area contributed by atoms with Crippen LogP contribution in [-0.4, -0.2) is 17.7 Å². The number of rotatable bonds is 1. The molecule has 2 heterocycles. The van der Waals surface area contributed by atoms with Crippen molar-refractivity contribution in [3.63, 3.8) is 0 Å². The van der Waals surface area contributed by atoms with Gasteiger partial charge in [-0.05, 0) is 11.6 Å². The maximum absolute atomic E-state index is 3.48. The summed E-state index contributed by atoms with van der Waals surface area (Å²) < 4.78 is 2.50. The first kappa shape index (κ1) is 11.7. The van der Waals surface area contributed by atoms with Crippen molar-refractivity contribution >= 4 is 10.9 Å². The lowest BCUT2D eigenvalue weighted by atomic mass is 10.0. The van der Waals surface area contributed by atoms with Gasteiger partial charge >= 0.3 is 0 Å². The van der Waals surface area contributed by atoms with Gasteiger partial charge in [0, 0.05) is 42.7 Å². The van der Waals surface area contributed by atoms with Crippen molar-refractivity contribution in [2.45, 2.75) is 13.0 Å². The zero-order valence-corrected chi connectivity index (χ0v) is 11.5. The lowest BCUT2D eigenvalue weighted by Crippen LogP contribution is -2.17. The summed E-state index contributed by atoms with van der Waals surface area (Å²) in [4.78, 5) is 0. The highest BCUT2D eigenvalue weighted by Gasteiger charge is 2.14. The summed E-state index contributed by atoms with van der Waals surface area (Å²) in [5.41, 5.74) is 5.48. The molecule has 0 atom stereocenters. The predicted molar refractivity (Wildman–Crippen MR) is 83.9 cm³/mol. The Kier molecular flexibility index (Phi) is 2.82. The maximum atomic E-state index is 3.48. The molecule has 0 saturated heterocycles. The molecule has 0 spiro atoms. The largest absolute Gasteiger partial charge is 0.343 e. The summed E-state index contributed by atoms with van der Waals surface area (Å²) in [6.45, 7) is 3.19. The summed E-state index contributed by atoms with van der Waals surface area (Å²) >= 11 is 0. The summed E-state index contributed by atoms with van der Waals surface area (Å²) in [5, 5.41) is 4.85. The fourth-order valence-corrected chi connectivity index (χ4v) is 3.23. The number of aromatic nitrogens is 1. The van der Waals surface area contributed by atoms with Gasteiger partial charge in [0.15, 0.2) is 0 Å². The van der Waals surface area contributed by atoms with Gasteiger partial charge in [-0.3, -0.25) is 0 Å². The van der Waals surface area contributed by atoms with Crippen LogP contribution in [0, 0.1) is 0 Å². The monoisotopic (exact) mass is 262 g/mol. The number of hydrogen-bond donors (Lipinski definition) is 1. The van der Waals surface area contributed by atoms with Crippen molar-refractivity contribution in [2.75, 3.05) is 13.1 Å². The Hall–Kier alpha value is -2.06. The Balaban J connectivity index is 2.00. The normalized spacial score (nSPS) is 15.0. The first-order valence-electron chi connectivity index (χ1n) is 7.31. The van der Waals surface area contributed by atoms with Crippen LogP contribution in [0.2, 0.25) is 0 Å². The van der Waals surface area contributed by atoms with E-state index in [2.05, 4.69) is 64.5 Å². The first-order chi connectivity index (χ1) is 9.93. The van der Waals surface area contributed by atoms with Crippen molar-refractivity contribution in [1.29, 1.82) is 0 Å². The zero-order valence-electron chi connectivity index (χ0n) is 11.5. The number of hydrogen-bond acceptors (Lipinski definition) is 1. The van der Waals surface area contributed by atoms with E-state index >= 15 is 0 Å². The smallest absolute Gasteiger partial charge is 0.0562 e. The Morgan fingerprint density at radius 2 is 1.80 bits per heavy atom. The molecular weight excluding hydrogens is 244 g/mol. The lowest BCUT2D eigenvalue weighted by Gasteiger charge is -2.10. The van der Waals surface area contributed by atoms with Crippen LogP contribution in [-0.2, 0) is 13.0 Å². The van der Waals surface area contributed by atoms with Crippen molar-refractivity contribution in [3.8, 4) is 11.1 Å². The minimum atomic E-state index is 1.06. The molecule has 0 amide bonds. The van der Waals surface area contributed by atoms with Crippen LogP contribution in [0.4, 0.5) is 0 Å². The number of nitrogens with zero attached hydrogens (tertiary/aromatic N) is 1. The topological polar surface area (TPSA) is 17.0 Å². The average molecular weight is 262 g/mol. The molecule has 0 fully saturated rings. The van der Waals surface area contributed by atoms with Crippen LogP contribution in [0.1, 0.15) is 5.69 Å². The van der Waals surface area contributed by atoms with Gasteiger partial charge in [0.05, 0.1) is 5.52 Å². The van der Waals surface area contributed by atoms with E-state index in [1.165, 1.54) is 27.7 Å². The number of nitrogens with one attached hydrogen (secondary N) is 1. The highest BCUT2D eigenvalue weighted by molar-refractivity contribution is 5.95. The molecule has 1 N–H and O–H groups in total. The van der Waals surface area contributed by atoms with Crippen molar-refractivity contribution in [1.82, 2.24) is 9.88 Å². The summed E-state index contributed by atoms with van der Waals surface area (Å²) in [7, 11) is 0. The third kappa shape index (κ3) is 1.84. The van der Waals surface area contributed by atoms with E-state index in [1.54, 1.807) is 0 Å². The molecule has 1 aliphatic heterocycles. The van der Waals surface area contributed by atoms with E-state index in [4.69, 9.17) is 0 Å². The zero-order chi connectivity index (χ0) is 13.4. The Morgan fingerprint density at radius 3 is 2.70 bits per heavy atom. The van der Waals surface area contributed by atoms with Gasteiger partial charge in [0.1, 0.15) is 0 Å². The van der Waals surface area contributed by atoms with Gasteiger partial charge in [-0.15, -0.1) is 0 Å². The summed E-state index contributed by atoms with van der Waals surface area (Å²) in [6.07, 6.45) is 1.11. The Labute approximate surface area is 119 Å². The van der Waals surface area contributed by atoms with Gasteiger partial charge < -0.3 is 9.88 Å². The molecule has 20 heavy (non-hydrogen) atoms. The van der Waals surface area contributed by atoms with Crippen LogP contribution in [0.25, 0.3) is 22.0 Å². The second-order valence-corrected chi connectivity index (χ2v) is 5.40. The van der Waals surface area contributed by atoms with E-state index in [9.17, 15) is 0 Å². The molecular formula is C18H18N2. The number of benzene rings is 2. The molecule has 0 unspecified atom stereocenters. The standard InChI is InChI=1S/C18H18N2/c1-2-5-14(6-3-1)17-8-4-7-15-13-16-9-10-19-11-12-20(16)18(15)17/h1-8,13,19H,9-12H2. The van der Waals surface area contributed by atoms with E-state index in [0.29, 0.717) is 0 Å². The first-order valence-corrected chi connectivity index (χ1v) is 7.31. The quantitative estimate of drug-likeness (QED) is 0.710. The highest BCUT2D eigenvalue weighted by atomic mass is 15.0. The van der Waals surface area contributed by atoms with Crippen molar-refractivity contribution in [3.05, 3.63) is 60.3 Å². The molecule has 100 valence electrons. The fourth-order valence-electron chi connectivity index (χ4n) is 3.23. The van der Waals surface area contributed by atoms with Gasteiger partial charge in [0.25, 0.3) is 0 Å². The Morgan fingerprint density at radius 1 is 0.900 bits per heavy atom. The van der Waals surface area contributed by atoms with E-state index < -0.39 is 0 Å². The second-order valence-electron chi connectivity index (χ2n) is 5.40. The number of fused-ring (bicyclic) bond motifs is 3. The SMILES string of the molecule is c1ccc(-c2cccc3cc4n(c23)CCNCC4)cc1. The van der Waals surface area contributed by atoms with Crippen LogP contribution in [0.3, 0.4) is 0 Å². The predicted octanol–water partition coefficient (Wildman–Crippen LogP) is 3.45. The third-order valence-corrected chi connectivity index (χ3v) is 4.16. The second kappa shape index (κ2) is 4.80. The van der Waals surface area contributed by atoms with Crippen LogP contribution in [0.5, 0.6) is 0 Å². The molecule has 0 radical (unpaired) electrons. The van der Waals surface area contributed by atoms with Gasteiger partial charge in [-0.2, -0.15) is 0 Å². The minimum Gasteiger partial charge on any atom is -0.343 e. The Bertz CT molecular complexity index is 741. The molecule has 1 aromatic heterocycles. The molecule has 1 aliphatic rings. The van der Waals surface area contributed by atoms with Crippen LogP contribution in [0.15, 0.2) is 54.6 Å². The third-order valence-electron chi connectivity index (χ3n) is 4.16. The van der Waals surface area contributed by atoms with E-state index in [0.717, 1.165) is 26.1 Å². The maximum Gasteiger partial charge on any atom is 0.0562 e. The average Bonchev–Trinajstić information content (AvgIpc) is 2.70. The number of para-hydroxylation sites is 1. The van der Waals surface area contributed by atoms with Crippen molar-refractivity contribution in [2.24, 2.45) is 0 Å². The van der Waals surface area contributed by atoms with Gasteiger partial charge in [0.2, 0.25) is 0 Å². The van der Waals surface area contributed by atoms with E-state index in [-0.39, 0.29) is 0 Å². The molecule has 2 heteroatoms. The molecule has 0 saturated carbocycles. The summed E-state index contributed by atoms with van der Waals surface area (Å²) in [6, 6.07) is 19.7. The molecule has 0 aliphatic carbocycles. The van der Waals surface area contributed by atoms with E-state index in [1.807, 2.05) is 0 Å². The molecule has 2 aromatic carbocycles. The molecule has 2 nitrogen and oxygen atoms in total. The van der Waals surface area contributed by atoms with Crippen LogP contribution < -0.4 is 5.32 Å². The molecule has 4 rings (SSSR count). The van der Waals surface area contributed by atoms with Crippen molar-refractivity contribution < 1.29 is 0 Å². The molecule has 0 bridgehead atoms. The van der Waals surface area contributed by atoms with Crippen LogP contribution >= 0.6 is 0 Å². The van der Waals surface area contributed by atoms with Gasteiger partial charge in [-0.25, -0.2) is 0 Å².